The number of nitrogens with one attached hydrogen (secondary N) is 1. The van der Waals surface area contributed by atoms with Crippen molar-refractivity contribution in [1.29, 1.82) is 0 Å². The summed E-state index contributed by atoms with van der Waals surface area (Å²) in [4.78, 5) is 51.8. The molecule has 2 aromatic carbocycles. The van der Waals surface area contributed by atoms with Gasteiger partial charge in [-0.15, -0.1) is 0 Å². The molecule has 3 aromatic rings. The number of benzene rings is 2. The predicted octanol–water partition coefficient (Wildman–Crippen LogP) is 1.52. The Morgan fingerprint density at radius 2 is 2.03 bits per heavy atom. The van der Waals surface area contributed by atoms with Crippen LogP contribution in [0, 0.1) is 0 Å². The zero-order valence-corrected chi connectivity index (χ0v) is 17.5. The average Bonchev–Trinajstić information content (AvgIpc) is 3.35. The summed E-state index contributed by atoms with van der Waals surface area (Å²) < 4.78 is 14.5. The first-order valence-electron chi connectivity index (χ1n) is 9.99. The standard InChI is InChI=1S/C22H19N3O8/c1-2-31-19(28)11-32-14-4-6-16(17(26)8-14)18(27)10-25-9-13-7-12(3-5-15(13)21(25)29)20-23-22(30)33-24-20/h3-8,26H,2,9-11H2,1H3,(H,23,24,30). The number of phenolic OH excluding ortho intramolecular Hbond substituents is 1. The number of ether oxygens (including phenoxy) is 2. The van der Waals surface area contributed by atoms with E-state index in [1.165, 1.54) is 23.1 Å². The van der Waals surface area contributed by atoms with Crippen LogP contribution in [0.15, 0.2) is 45.7 Å². The van der Waals surface area contributed by atoms with Crippen molar-refractivity contribution in [2.75, 3.05) is 19.8 Å². The topological polar surface area (TPSA) is 152 Å². The van der Waals surface area contributed by atoms with Crippen LogP contribution in [0.3, 0.4) is 0 Å². The maximum atomic E-state index is 12.7. The highest BCUT2D eigenvalue weighted by Gasteiger charge is 2.30. The van der Waals surface area contributed by atoms with Crippen molar-refractivity contribution in [3.05, 3.63) is 63.6 Å². The van der Waals surface area contributed by atoms with Gasteiger partial charge in [0.2, 0.25) is 0 Å². The third-order valence-corrected chi connectivity index (χ3v) is 4.96. The number of carbonyl (C=O) groups excluding carboxylic acids is 3. The van der Waals surface area contributed by atoms with E-state index in [1.807, 2.05) is 0 Å². The smallest absolute Gasteiger partial charge is 0.439 e. The van der Waals surface area contributed by atoms with E-state index in [2.05, 4.69) is 14.7 Å². The largest absolute Gasteiger partial charge is 0.507 e. The Morgan fingerprint density at radius 1 is 1.21 bits per heavy atom. The number of rotatable bonds is 8. The van der Waals surface area contributed by atoms with Gasteiger partial charge in [0, 0.05) is 23.7 Å². The summed E-state index contributed by atoms with van der Waals surface area (Å²) in [6.07, 6.45) is 0. The Labute approximate surface area is 186 Å². The highest BCUT2D eigenvalue weighted by atomic mass is 16.6. The lowest BCUT2D eigenvalue weighted by atomic mass is 10.1. The van der Waals surface area contributed by atoms with E-state index in [9.17, 15) is 24.3 Å². The fourth-order valence-corrected chi connectivity index (χ4v) is 3.45. The molecule has 33 heavy (non-hydrogen) atoms. The third-order valence-electron chi connectivity index (χ3n) is 4.96. The molecule has 0 atom stereocenters. The van der Waals surface area contributed by atoms with Crippen molar-refractivity contribution in [2.24, 2.45) is 0 Å². The Kier molecular flexibility index (Phi) is 5.94. The van der Waals surface area contributed by atoms with E-state index >= 15 is 0 Å². The van der Waals surface area contributed by atoms with Crippen LogP contribution in [0.5, 0.6) is 11.5 Å². The van der Waals surface area contributed by atoms with Crippen LogP contribution in [0.2, 0.25) is 0 Å². The summed E-state index contributed by atoms with van der Waals surface area (Å²) in [6, 6.07) is 8.94. The van der Waals surface area contributed by atoms with Crippen molar-refractivity contribution < 1.29 is 33.5 Å². The van der Waals surface area contributed by atoms with Gasteiger partial charge in [-0.2, -0.15) is 0 Å². The van der Waals surface area contributed by atoms with E-state index in [0.717, 1.165) is 0 Å². The lowest BCUT2D eigenvalue weighted by molar-refractivity contribution is -0.145. The molecule has 0 saturated heterocycles. The third kappa shape index (κ3) is 4.61. The molecule has 0 unspecified atom stereocenters. The number of hydrogen-bond acceptors (Lipinski definition) is 9. The van der Waals surface area contributed by atoms with Gasteiger partial charge >= 0.3 is 11.7 Å². The maximum Gasteiger partial charge on any atom is 0.439 e. The summed E-state index contributed by atoms with van der Waals surface area (Å²) in [5.41, 5.74) is 1.69. The molecule has 1 amide bonds. The predicted molar refractivity (Wildman–Crippen MR) is 112 cm³/mol. The van der Waals surface area contributed by atoms with Gasteiger partial charge in [0.1, 0.15) is 11.5 Å². The first-order valence-corrected chi connectivity index (χ1v) is 9.99. The van der Waals surface area contributed by atoms with Crippen LogP contribution in [-0.4, -0.2) is 57.6 Å². The number of phenols is 1. The lowest BCUT2D eigenvalue weighted by Gasteiger charge is -2.15. The van der Waals surface area contributed by atoms with Gasteiger partial charge in [0.15, 0.2) is 18.2 Å². The molecule has 2 N–H and O–H groups in total. The number of esters is 1. The number of H-pyrrole nitrogens is 1. The normalized spacial score (nSPS) is 12.5. The Bertz CT molecular complexity index is 1290. The van der Waals surface area contributed by atoms with Crippen molar-refractivity contribution >= 4 is 17.7 Å². The van der Waals surface area contributed by atoms with E-state index in [1.54, 1.807) is 25.1 Å². The highest BCUT2D eigenvalue weighted by Crippen LogP contribution is 2.29. The van der Waals surface area contributed by atoms with Crippen molar-refractivity contribution in [3.63, 3.8) is 0 Å². The quantitative estimate of drug-likeness (QED) is 0.382. The summed E-state index contributed by atoms with van der Waals surface area (Å²) in [5.74, 6) is -1.93. The minimum atomic E-state index is -0.689. The SMILES string of the molecule is CCOC(=O)COc1ccc(C(=O)CN2Cc3cc(-c4noc(=O)[nH]4)ccc3C2=O)c(O)c1. The van der Waals surface area contributed by atoms with Crippen LogP contribution >= 0.6 is 0 Å². The first kappa shape index (κ1) is 21.8. The lowest BCUT2D eigenvalue weighted by Crippen LogP contribution is -2.30. The van der Waals surface area contributed by atoms with Crippen molar-refractivity contribution in [3.8, 4) is 22.9 Å². The fourth-order valence-electron chi connectivity index (χ4n) is 3.45. The fraction of sp³-hybridized carbons (Fsp3) is 0.227. The van der Waals surface area contributed by atoms with Gasteiger partial charge in [-0.1, -0.05) is 11.2 Å². The maximum absolute atomic E-state index is 12.7. The zero-order chi connectivity index (χ0) is 23.5. The number of aromatic nitrogens is 2. The number of hydrogen-bond donors (Lipinski definition) is 2. The Hall–Kier alpha value is -4.41. The second-order valence-electron chi connectivity index (χ2n) is 7.17. The summed E-state index contributed by atoms with van der Waals surface area (Å²) in [6.45, 7) is 1.50. The van der Waals surface area contributed by atoms with Gasteiger partial charge < -0.3 is 19.5 Å². The second kappa shape index (κ2) is 8.99. The molecular weight excluding hydrogens is 434 g/mol. The van der Waals surface area contributed by atoms with Gasteiger partial charge in [0.05, 0.1) is 18.7 Å². The molecule has 0 saturated carbocycles. The molecule has 0 aliphatic carbocycles. The number of aromatic hydroxyl groups is 1. The molecule has 0 radical (unpaired) electrons. The number of nitrogens with zero attached hydrogens (tertiary/aromatic N) is 2. The second-order valence-corrected chi connectivity index (χ2v) is 7.17. The van der Waals surface area contributed by atoms with Gasteiger partial charge in [-0.25, -0.2) is 9.59 Å². The van der Waals surface area contributed by atoms with Crippen LogP contribution in [0.25, 0.3) is 11.4 Å². The highest BCUT2D eigenvalue weighted by molar-refractivity contribution is 6.05. The van der Waals surface area contributed by atoms with Crippen LogP contribution in [0.1, 0.15) is 33.2 Å². The van der Waals surface area contributed by atoms with Crippen molar-refractivity contribution in [1.82, 2.24) is 15.0 Å². The van der Waals surface area contributed by atoms with Crippen LogP contribution in [0.4, 0.5) is 0 Å². The van der Waals surface area contributed by atoms with E-state index < -0.39 is 17.5 Å². The number of fused-ring (bicyclic) bond motifs is 1. The number of amides is 1. The van der Waals surface area contributed by atoms with Crippen LogP contribution < -0.4 is 10.5 Å². The zero-order valence-electron chi connectivity index (χ0n) is 17.5. The number of Topliss-reactive ketones (excluding diaryl/α,β-unsaturated/α-hetero) is 1. The number of ketones is 1. The molecule has 2 heterocycles. The van der Waals surface area contributed by atoms with Gasteiger partial charge in [-0.3, -0.25) is 19.1 Å². The molecule has 11 heteroatoms. The van der Waals surface area contributed by atoms with Gasteiger partial charge in [-0.05, 0) is 36.8 Å². The van der Waals surface area contributed by atoms with Crippen LogP contribution in [-0.2, 0) is 16.1 Å². The molecule has 0 fully saturated rings. The van der Waals surface area contributed by atoms with E-state index in [-0.39, 0.29) is 55.1 Å². The number of carbonyl (C=O) groups is 3. The molecule has 1 aliphatic rings. The number of aromatic amines is 1. The Balaban J connectivity index is 1.43. The summed E-state index contributed by atoms with van der Waals surface area (Å²) in [7, 11) is 0. The minimum absolute atomic E-state index is 0.0168. The van der Waals surface area contributed by atoms with E-state index in [4.69, 9.17) is 9.47 Å². The monoisotopic (exact) mass is 453 g/mol. The molecular formula is C22H19N3O8. The first-order chi connectivity index (χ1) is 15.9. The van der Waals surface area contributed by atoms with Crippen molar-refractivity contribution in [2.45, 2.75) is 13.5 Å². The minimum Gasteiger partial charge on any atom is -0.507 e. The average molecular weight is 453 g/mol. The van der Waals surface area contributed by atoms with E-state index in [0.29, 0.717) is 16.7 Å². The molecule has 0 bridgehead atoms. The molecule has 170 valence electrons. The Morgan fingerprint density at radius 3 is 2.73 bits per heavy atom. The molecule has 1 aliphatic heterocycles. The molecule has 0 spiro atoms. The summed E-state index contributed by atoms with van der Waals surface area (Å²) in [5, 5.41) is 13.9. The molecule has 4 rings (SSSR count). The molecule has 11 nitrogen and oxygen atoms in total. The van der Waals surface area contributed by atoms with Gasteiger partial charge in [0.25, 0.3) is 5.91 Å². The molecule has 1 aromatic heterocycles. The summed E-state index contributed by atoms with van der Waals surface area (Å²) >= 11 is 0.